The van der Waals surface area contributed by atoms with Crippen LogP contribution in [0, 0.1) is 6.92 Å². The number of sulfonamides is 1. The fourth-order valence-electron chi connectivity index (χ4n) is 2.71. The van der Waals surface area contributed by atoms with E-state index in [4.69, 9.17) is 0 Å². The van der Waals surface area contributed by atoms with Gasteiger partial charge in [-0.05, 0) is 67.1 Å². The van der Waals surface area contributed by atoms with Gasteiger partial charge in [-0.25, -0.2) is 8.42 Å². The van der Waals surface area contributed by atoms with Gasteiger partial charge in [-0.15, -0.1) is 0 Å². The molecule has 110 valence electrons. The second-order valence-electron chi connectivity index (χ2n) is 5.35. The van der Waals surface area contributed by atoms with Crippen molar-refractivity contribution in [2.24, 2.45) is 0 Å². The van der Waals surface area contributed by atoms with E-state index in [2.05, 4.69) is 20.7 Å². The topological polar surface area (TPSA) is 46.2 Å². The number of hydrogen-bond acceptors (Lipinski definition) is 2. The van der Waals surface area contributed by atoms with Gasteiger partial charge in [0.2, 0.25) is 0 Å². The summed E-state index contributed by atoms with van der Waals surface area (Å²) in [6.07, 6.45) is 3.27. The van der Waals surface area contributed by atoms with Crippen LogP contribution in [-0.2, 0) is 22.9 Å². The van der Waals surface area contributed by atoms with E-state index in [9.17, 15) is 8.42 Å². The molecule has 5 heteroatoms. The molecule has 0 heterocycles. The van der Waals surface area contributed by atoms with Gasteiger partial charge in [0.05, 0.1) is 4.90 Å². The molecule has 1 aliphatic carbocycles. The van der Waals surface area contributed by atoms with Gasteiger partial charge < -0.3 is 0 Å². The maximum atomic E-state index is 12.5. The van der Waals surface area contributed by atoms with Crippen LogP contribution in [0.2, 0.25) is 0 Å². The molecule has 21 heavy (non-hydrogen) atoms. The van der Waals surface area contributed by atoms with Gasteiger partial charge in [-0.2, -0.15) is 0 Å². The summed E-state index contributed by atoms with van der Waals surface area (Å²) in [5, 5.41) is 0. The Morgan fingerprint density at radius 2 is 1.81 bits per heavy atom. The van der Waals surface area contributed by atoms with Crippen LogP contribution in [0.25, 0.3) is 0 Å². The summed E-state index contributed by atoms with van der Waals surface area (Å²) in [7, 11) is -3.56. The molecule has 2 aromatic rings. The van der Waals surface area contributed by atoms with Crippen LogP contribution in [0.1, 0.15) is 23.1 Å². The summed E-state index contributed by atoms with van der Waals surface area (Å²) in [6, 6.07) is 11.1. The third kappa shape index (κ3) is 2.99. The number of anilines is 1. The van der Waals surface area contributed by atoms with Gasteiger partial charge >= 0.3 is 0 Å². The third-order valence-corrected chi connectivity index (χ3v) is 5.81. The molecule has 0 unspecified atom stereocenters. The summed E-state index contributed by atoms with van der Waals surface area (Å²) in [5.41, 5.74) is 3.94. The Morgan fingerprint density at radius 3 is 2.62 bits per heavy atom. The van der Waals surface area contributed by atoms with Crippen molar-refractivity contribution in [2.45, 2.75) is 31.1 Å². The Kier molecular flexibility index (Phi) is 3.80. The maximum absolute atomic E-state index is 12.5. The second kappa shape index (κ2) is 5.46. The van der Waals surface area contributed by atoms with Crippen molar-refractivity contribution in [2.75, 3.05) is 4.72 Å². The number of benzene rings is 2. The zero-order valence-corrected chi connectivity index (χ0v) is 14.1. The van der Waals surface area contributed by atoms with Gasteiger partial charge in [0.15, 0.2) is 0 Å². The molecule has 2 aromatic carbocycles. The molecular weight excluding hydrogens is 350 g/mol. The zero-order valence-electron chi connectivity index (χ0n) is 11.7. The number of rotatable bonds is 3. The van der Waals surface area contributed by atoms with Crippen LogP contribution >= 0.6 is 15.9 Å². The Labute approximate surface area is 133 Å². The summed E-state index contributed by atoms with van der Waals surface area (Å²) in [6.45, 7) is 1.80. The number of nitrogens with one attached hydrogen (secondary N) is 1. The molecule has 0 bridgehead atoms. The summed E-state index contributed by atoms with van der Waals surface area (Å²) < 4.78 is 28.5. The number of halogens is 1. The molecule has 0 fully saturated rings. The average Bonchev–Trinajstić information content (AvgIpc) is 2.88. The van der Waals surface area contributed by atoms with Gasteiger partial charge in [0.25, 0.3) is 10.0 Å². The number of aryl methyl sites for hydroxylation is 3. The molecule has 3 rings (SSSR count). The van der Waals surface area contributed by atoms with E-state index in [0.717, 1.165) is 29.3 Å². The molecule has 0 aliphatic heterocycles. The molecular formula is C16H16BrNO2S. The van der Waals surface area contributed by atoms with Gasteiger partial charge in [0.1, 0.15) is 0 Å². The minimum absolute atomic E-state index is 0.303. The lowest BCUT2D eigenvalue weighted by molar-refractivity contribution is 0.600. The van der Waals surface area contributed by atoms with Crippen molar-refractivity contribution in [3.63, 3.8) is 0 Å². The molecule has 0 saturated heterocycles. The smallest absolute Gasteiger partial charge is 0.262 e. The average molecular weight is 366 g/mol. The Hall–Kier alpha value is -1.33. The maximum Gasteiger partial charge on any atom is 0.262 e. The molecule has 0 amide bonds. The van der Waals surface area contributed by atoms with Gasteiger partial charge in [-0.3, -0.25) is 4.72 Å². The van der Waals surface area contributed by atoms with Crippen molar-refractivity contribution < 1.29 is 8.42 Å². The van der Waals surface area contributed by atoms with Crippen LogP contribution in [0.5, 0.6) is 0 Å². The molecule has 1 N–H and O–H groups in total. The first-order valence-electron chi connectivity index (χ1n) is 6.86. The molecule has 0 spiro atoms. The normalized spacial score (nSPS) is 14.0. The zero-order chi connectivity index (χ0) is 15.0. The lowest BCUT2D eigenvalue weighted by Gasteiger charge is -2.12. The first-order valence-corrected chi connectivity index (χ1v) is 9.14. The Balaban J connectivity index is 1.94. The summed E-state index contributed by atoms with van der Waals surface area (Å²) in [5.74, 6) is 0. The van der Waals surface area contributed by atoms with E-state index >= 15 is 0 Å². The number of fused-ring (bicyclic) bond motifs is 1. The van der Waals surface area contributed by atoms with Crippen molar-refractivity contribution in [1.82, 2.24) is 0 Å². The highest BCUT2D eigenvalue weighted by Gasteiger charge is 2.18. The summed E-state index contributed by atoms with van der Waals surface area (Å²) >= 11 is 3.32. The van der Waals surface area contributed by atoms with Crippen LogP contribution < -0.4 is 4.72 Å². The summed E-state index contributed by atoms with van der Waals surface area (Å²) in [4.78, 5) is 0.303. The van der Waals surface area contributed by atoms with Crippen LogP contribution in [0.15, 0.2) is 45.8 Å². The minimum Gasteiger partial charge on any atom is -0.280 e. The SMILES string of the molecule is Cc1ccc(Br)cc1S(=O)(=O)Nc1ccc2c(c1)CCC2. The van der Waals surface area contributed by atoms with Crippen molar-refractivity contribution in [3.05, 3.63) is 57.6 Å². The molecule has 0 saturated carbocycles. The standard InChI is InChI=1S/C16H16BrNO2S/c1-11-5-7-14(17)10-16(11)21(19,20)18-15-8-6-12-3-2-4-13(12)9-15/h5-10,18H,2-4H2,1H3. The second-order valence-corrected chi connectivity index (χ2v) is 7.92. The largest absolute Gasteiger partial charge is 0.280 e. The lowest BCUT2D eigenvalue weighted by Crippen LogP contribution is -2.14. The number of hydrogen-bond donors (Lipinski definition) is 1. The highest BCUT2D eigenvalue weighted by Crippen LogP contribution is 2.27. The molecule has 0 aromatic heterocycles. The first kappa shape index (κ1) is 14.6. The van der Waals surface area contributed by atoms with E-state index in [1.54, 1.807) is 19.1 Å². The van der Waals surface area contributed by atoms with E-state index < -0.39 is 10.0 Å². The van der Waals surface area contributed by atoms with Crippen LogP contribution in [0.3, 0.4) is 0 Å². The van der Waals surface area contributed by atoms with Crippen LogP contribution in [-0.4, -0.2) is 8.42 Å². The van der Waals surface area contributed by atoms with Gasteiger partial charge in [0, 0.05) is 10.2 Å². The fourth-order valence-corrected chi connectivity index (χ4v) is 4.54. The fraction of sp³-hybridized carbons (Fsp3) is 0.250. The van der Waals surface area contributed by atoms with E-state index in [1.165, 1.54) is 11.1 Å². The predicted octanol–water partition coefficient (Wildman–Crippen LogP) is 4.05. The Morgan fingerprint density at radius 1 is 1.05 bits per heavy atom. The first-order chi connectivity index (χ1) is 9.95. The van der Waals surface area contributed by atoms with Crippen molar-refractivity contribution in [3.8, 4) is 0 Å². The van der Waals surface area contributed by atoms with E-state index in [1.807, 2.05) is 24.3 Å². The van der Waals surface area contributed by atoms with Crippen molar-refractivity contribution in [1.29, 1.82) is 0 Å². The van der Waals surface area contributed by atoms with E-state index in [-0.39, 0.29) is 0 Å². The third-order valence-electron chi connectivity index (χ3n) is 3.79. The molecule has 3 nitrogen and oxygen atoms in total. The highest BCUT2D eigenvalue weighted by molar-refractivity contribution is 9.10. The minimum atomic E-state index is -3.56. The van der Waals surface area contributed by atoms with Crippen molar-refractivity contribution >= 4 is 31.6 Å². The Bertz CT molecular complexity index is 800. The molecule has 0 radical (unpaired) electrons. The lowest BCUT2D eigenvalue weighted by atomic mass is 10.1. The molecule has 1 aliphatic rings. The predicted molar refractivity (Wildman–Crippen MR) is 88.2 cm³/mol. The highest BCUT2D eigenvalue weighted by atomic mass is 79.9. The quantitative estimate of drug-likeness (QED) is 0.891. The van der Waals surface area contributed by atoms with E-state index in [0.29, 0.717) is 10.6 Å². The molecule has 0 atom stereocenters. The van der Waals surface area contributed by atoms with Crippen LogP contribution in [0.4, 0.5) is 5.69 Å². The van der Waals surface area contributed by atoms with Gasteiger partial charge in [-0.1, -0.05) is 28.1 Å². The monoisotopic (exact) mass is 365 g/mol.